The normalized spacial score (nSPS) is 12.8. The van der Waals surface area contributed by atoms with Gasteiger partial charge in [-0.3, -0.25) is 8.75 Å². The molecule has 1 aromatic carbocycles. The molecule has 0 saturated heterocycles. The van der Waals surface area contributed by atoms with Gasteiger partial charge in [0.2, 0.25) is 0 Å². The molecule has 0 heterocycles. The summed E-state index contributed by atoms with van der Waals surface area (Å²) in [4.78, 5) is -0.0995. The number of hydrogen-bond donors (Lipinski definition) is 0. The van der Waals surface area contributed by atoms with Crippen LogP contribution >= 0.6 is 7.60 Å². The molecule has 0 spiro atoms. The summed E-state index contributed by atoms with van der Waals surface area (Å²) in [5, 5.41) is 0. The Kier molecular flexibility index (Phi) is 7.23. The molecule has 1 rings (SSSR count). The molecule has 0 unspecified atom stereocenters. The highest BCUT2D eigenvalue weighted by Crippen LogP contribution is 2.50. The van der Waals surface area contributed by atoms with E-state index in [1.807, 2.05) is 0 Å². The van der Waals surface area contributed by atoms with Gasteiger partial charge in [-0.05, 0) is 39.8 Å². The molecule has 9 heteroatoms. The highest BCUT2D eigenvalue weighted by molar-refractivity contribution is 7.87. The van der Waals surface area contributed by atoms with Crippen LogP contribution in [0.3, 0.4) is 0 Å². The van der Waals surface area contributed by atoms with Crippen molar-refractivity contribution in [2.75, 3.05) is 13.5 Å². The van der Waals surface area contributed by atoms with Gasteiger partial charge in [-0.25, -0.2) is 0 Å². The predicted octanol–water partition coefficient (Wildman–Crippen LogP) is 3.40. The quantitative estimate of drug-likeness (QED) is 0.489. The Morgan fingerprint density at radius 2 is 1.65 bits per heavy atom. The van der Waals surface area contributed by atoms with Gasteiger partial charge in [-0.2, -0.15) is 8.42 Å². The smallest absolute Gasteiger partial charge is 0.358 e. The fourth-order valence-corrected chi connectivity index (χ4v) is 4.86. The Morgan fingerprint density at radius 3 is 2.13 bits per heavy atom. The maximum absolute atomic E-state index is 12.6. The fraction of sp³-hybridized carbons (Fsp3) is 0.571. The van der Waals surface area contributed by atoms with Crippen molar-refractivity contribution >= 4 is 17.7 Å². The Bertz CT molecular complexity index is 641. The van der Waals surface area contributed by atoms with Gasteiger partial charge < -0.3 is 13.8 Å². The van der Waals surface area contributed by atoms with Crippen LogP contribution in [0.5, 0.6) is 5.75 Å². The number of hydrogen-bond acceptors (Lipinski definition) is 7. The predicted molar refractivity (Wildman–Crippen MR) is 86.2 cm³/mol. The lowest BCUT2D eigenvalue weighted by Gasteiger charge is -2.22. The van der Waals surface area contributed by atoms with Gasteiger partial charge in [0.05, 0.1) is 24.2 Å². The first-order valence-electron chi connectivity index (χ1n) is 7.07. The van der Waals surface area contributed by atoms with Crippen LogP contribution in [0, 0.1) is 0 Å². The Hall–Kier alpha value is -0.920. The first-order valence-corrected chi connectivity index (χ1v) is 10.2. The van der Waals surface area contributed by atoms with Crippen molar-refractivity contribution in [3.63, 3.8) is 0 Å². The maximum atomic E-state index is 12.6. The van der Waals surface area contributed by atoms with Crippen molar-refractivity contribution in [1.82, 2.24) is 0 Å². The third kappa shape index (κ3) is 6.61. The zero-order chi connectivity index (χ0) is 17.7. The lowest BCUT2D eigenvalue weighted by atomic mass is 10.3. The van der Waals surface area contributed by atoms with Crippen LogP contribution in [0.1, 0.15) is 27.7 Å². The van der Waals surface area contributed by atoms with E-state index in [4.69, 9.17) is 18.0 Å². The molecule has 23 heavy (non-hydrogen) atoms. The first-order chi connectivity index (χ1) is 10.6. The second-order valence-electron chi connectivity index (χ2n) is 5.30. The van der Waals surface area contributed by atoms with Crippen molar-refractivity contribution in [2.24, 2.45) is 0 Å². The lowest BCUT2D eigenvalue weighted by Crippen LogP contribution is -2.14. The summed E-state index contributed by atoms with van der Waals surface area (Å²) in [6.07, 6.45) is -1.49. The summed E-state index contributed by atoms with van der Waals surface area (Å²) in [7, 11) is -6.39. The van der Waals surface area contributed by atoms with E-state index < -0.39 is 36.3 Å². The molecule has 1 aromatic rings. The van der Waals surface area contributed by atoms with Crippen molar-refractivity contribution in [3.8, 4) is 5.75 Å². The first kappa shape index (κ1) is 20.1. The van der Waals surface area contributed by atoms with E-state index >= 15 is 0 Å². The molecule has 0 atom stereocenters. The van der Waals surface area contributed by atoms with Crippen LogP contribution in [-0.4, -0.2) is 34.1 Å². The molecule has 0 amide bonds. The highest BCUT2D eigenvalue weighted by Gasteiger charge is 2.31. The third-order valence-corrected chi connectivity index (χ3v) is 5.80. The summed E-state index contributed by atoms with van der Waals surface area (Å²) in [5.41, 5.74) is 0. The summed E-state index contributed by atoms with van der Waals surface area (Å²) < 4.78 is 57.3. The van der Waals surface area contributed by atoms with Crippen LogP contribution in [-0.2, 0) is 27.9 Å². The topological polar surface area (TPSA) is 88.1 Å². The molecule has 0 bridgehead atoms. The zero-order valence-corrected chi connectivity index (χ0v) is 15.6. The van der Waals surface area contributed by atoms with Crippen molar-refractivity contribution in [3.05, 3.63) is 24.3 Å². The van der Waals surface area contributed by atoms with E-state index in [2.05, 4.69) is 0 Å². The second kappa shape index (κ2) is 8.26. The third-order valence-electron chi connectivity index (χ3n) is 2.44. The van der Waals surface area contributed by atoms with Crippen LogP contribution in [0.2, 0.25) is 0 Å². The minimum atomic E-state index is -4.11. The lowest BCUT2D eigenvalue weighted by molar-refractivity contribution is 0.129. The van der Waals surface area contributed by atoms with Gasteiger partial charge in [0.1, 0.15) is 5.75 Å². The molecule has 0 aliphatic carbocycles. The van der Waals surface area contributed by atoms with Crippen LogP contribution in [0.15, 0.2) is 29.2 Å². The van der Waals surface area contributed by atoms with Gasteiger partial charge in [-0.15, -0.1) is 0 Å². The molecule has 0 aromatic heterocycles. The highest BCUT2D eigenvalue weighted by atomic mass is 32.2. The van der Waals surface area contributed by atoms with Crippen molar-refractivity contribution in [2.45, 2.75) is 44.8 Å². The van der Waals surface area contributed by atoms with Gasteiger partial charge >= 0.3 is 7.60 Å². The Morgan fingerprint density at radius 1 is 1.09 bits per heavy atom. The SMILES string of the molecule is COc1cccc(S(=O)(=O)OCP(=O)(OC(C)C)OC(C)C)c1. The summed E-state index contributed by atoms with van der Waals surface area (Å²) >= 11 is 0. The number of ether oxygens (including phenoxy) is 1. The van der Waals surface area contributed by atoms with Crippen molar-refractivity contribution < 1.29 is 31.0 Å². The van der Waals surface area contributed by atoms with E-state index in [-0.39, 0.29) is 4.90 Å². The van der Waals surface area contributed by atoms with E-state index in [9.17, 15) is 13.0 Å². The largest absolute Gasteiger partial charge is 0.497 e. The molecule has 132 valence electrons. The average Bonchev–Trinajstić information content (AvgIpc) is 2.44. The molecular formula is C14H23O7PS. The van der Waals surface area contributed by atoms with Crippen LogP contribution < -0.4 is 4.74 Å². The number of methoxy groups -OCH3 is 1. The number of benzene rings is 1. The van der Waals surface area contributed by atoms with Gasteiger partial charge in [0, 0.05) is 6.07 Å². The van der Waals surface area contributed by atoms with Gasteiger partial charge in [0.25, 0.3) is 10.1 Å². The number of rotatable bonds is 9. The molecule has 0 N–H and O–H groups in total. The molecule has 0 aliphatic heterocycles. The zero-order valence-electron chi connectivity index (χ0n) is 13.9. The van der Waals surface area contributed by atoms with Gasteiger partial charge in [-0.1, -0.05) is 6.07 Å². The molecule has 0 aliphatic rings. The fourth-order valence-electron chi connectivity index (χ4n) is 1.69. The van der Waals surface area contributed by atoms with Crippen LogP contribution in [0.25, 0.3) is 0 Å². The Balaban J connectivity index is 2.92. The second-order valence-corrected chi connectivity index (χ2v) is 8.82. The molecule has 0 fully saturated rings. The minimum Gasteiger partial charge on any atom is -0.497 e. The molecule has 7 nitrogen and oxygen atoms in total. The van der Waals surface area contributed by atoms with E-state index in [0.717, 1.165) is 0 Å². The van der Waals surface area contributed by atoms with E-state index in [0.29, 0.717) is 5.75 Å². The minimum absolute atomic E-state index is 0.0995. The van der Waals surface area contributed by atoms with E-state index in [1.165, 1.54) is 25.3 Å². The maximum Gasteiger partial charge on any atom is 0.358 e. The summed E-state index contributed by atoms with van der Waals surface area (Å²) in [6.45, 7) is 6.69. The molecule has 0 saturated carbocycles. The van der Waals surface area contributed by atoms with E-state index in [1.54, 1.807) is 33.8 Å². The standard InChI is InChI=1S/C14H23O7PS/c1-11(2)20-22(15,21-12(3)4)10-19-23(16,17)14-8-6-7-13(9-14)18-5/h6-9,11-12H,10H2,1-5H3. The summed E-state index contributed by atoms with van der Waals surface area (Å²) in [6, 6.07) is 5.79. The monoisotopic (exact) mass is 366 g/mol. The Labute approximate surface area is 137 Å². The van der Waals surface area contributed by atoms with Crippen molar-refractivity contribution in [1.29, 1.82) is 0 Å². The van der Waals surface area contributed by atoms with Crippen LogP contribution in [0.4, 0.5) is 0 Å². The summed E-state index contributed by atoms with van der Waals surface area (Å²) in [5.74, 6) is 0.370. The molecule has 0 radical (unpaired) electrons. The molecular weight excluding hydrogens is 343 g/mol. The average molecular weight is 366 g/mol. The van der Waals surface area contributed by atoms with Gasteiger partial charge in [0.15, 0.2) is 6.35 Å².